The molecule has 0 amide bonds. The van der Waals surface area contributed by atoms with Crippen LogP contribution in [0, 0.1) is 0 Å². The Morgan fingerprint density at radius 1 is 1.30 bits per heavy atom. The normalized spacial score (nSPS) is 18.1. The van der Waals surface area contributed by atoms with E-state index in [-0.39, 0.29) is 10.4 Å². The van der Waals surface area contributed by atoms with Crippen molar-refractivity contribution in [3.05, 3.63) is 15.9 Å². The van der Waals surface area contributed by atoms with Gasteiger partial charge in [0.25, 0.3) is 0 Å². The number of nitrogens with zero attached hydrogens (tertiary/aromatic N) is 2. The molecule has 9 heteroatoms. The van der Waals surface area contributed by atoms with Crippen LogP contribution in [0.4, 0.5) is 13.2 Å². The lowest BCUT2D eigenvalue weighted by molar-refractivity contribution is -0.142. The fourth-order valence-electron chi connectivity index (χ4n) is 2.45. The van der Waals surface area contributed by atoms with Crippen LogP contribution in [0.5, 0.6) is 0 Å². The molecule has 2 N–H and O–H groups in total. The van der Waals surface area contributed by atoms with Gasteiger partial charge in [0, 0.05) is 25.0 Å². The first-order valence-corrected chi connectivity index (χ1v) is 8.94. The molecule has 0 radical (unpaired) electrons. The number of thiocarbonyl (C=S) groups is 1. The fourth-order valence-corrected chi connectivity index (χ4v) is 3.55. The molecule has 0 spiro atoms. The van der Waals surface area contributed by atoms with Crippen molar-refractivity contribution in [2.75, 3.05) is 6.54 Å². The summed E-state index contributed by atoms with van der Waals surface area (Å²) in [6.07, 6.45) is 0.381. The van der Waals surface area contributed by atoms with Crippen LogP contribution in [0.3, 0.4) is 0 Å². The lowest BCUT2D eigenvalue weighted by Crippen LogP contribution is -2.37. The molecule has 2 saturated carbocycles. The SMILES string of the molecule is FC(F)(F)c1nn(CCCNC(=S)NC2CC2)c(C2CC2)c1Br. The second-order valence-electron chi connectivity index (χ2n) is 6.07. The van der Waals surface area contributed by atoms with E-state index >= 15 is 0 Å². The van der Waals surface area contributed by atoms with Crippen LogP contribution in [-0.2, 0) is 12.7 Å². The minimum absolute atomic E-state index is 0.103. The first-order valence-electron chi connectivity index (χ1n) is 7.74. The van der Waals surface area contributed by atoms with E-state index in [4.69, 9.17) is 12.2 Å². The lowest BCUT2D eigenvalue weighted by Gasteiger charge is -2.10. The summed E-state index contributed by atoms with van der Waals surface area (Å²) in [7, 11) is 0. The number of hydrogen-bond acceptors (Lipinski definition) is 2. The van der Waals surface area contributed by atoms with E-state index in [1.54, 1.807) is 0 Å². The highest BCUT2D eigenvalue weighted by Gasteiger charge is 2.41. The molecule has 3 rings (SSSR count). The summed E-state index contributed by atoms with van der Waals surface area (Å²) >= 11 is 8.25. The molecule has 0 aliphatic heterocycles. The quantitative estimate of drug-likeness (QED) is 0.555. The number of aromatic nitrogens is 2. The molecule has 128 valence electrons. The number of nitrogens with one attached hydrogen (secondary N) is 2. The summed E-state index contributed by atoms with van der Waals surface area (Å²) in [6.45, 7) is 1.06. The fraction of sp³-hybridized carbons (Fsp3) is 0.714. The molecule has 0 aromatic carbocycles. The van der Waals surface area contributed by atoms with Gasteiger partial charge in [-0.2, -0.15) is 18.3 Å². The van der Waals surface area contributed by atoms with Crippen LogP contribution in [-0.4, -0.2) is 27.5 Å². The Morgan fingerprint density at radius 2 is 2.00 bits per heavy atom. The van der Waals surface area contributed by atoms with E-state index in [1.165, 1.54) is 4.68 Å². The maximum Gasteiger partial charge on any atom is 0.436 e. The minimum atomic E-state index is -4.43. The molecule has 2 aliphatic rings. The molecule has 1 aromatic heterocycles. The number of aryl methyl sites for hydroxylation is 1. The van der Waals surface area contributed by atoms with Crippen molar-refractivity contribution in [2.45, 2.75) is 56.8 Å². The summed E-state index contributed by atoms with van der Waals surface area (Å²) < 4.78 is 40.6. The molecule has 0 saturated heterocycles. The topological polar surface area (TPSA) is 41.9 Å². The number of hydrogen-bond donors (Lipinski definition) is 2. The summed E-state index contributed by atoms with van der Waals surface area (Å²) in [6, 6.07) is 0.493. The maximum absolute atomic E-state index is 13.0. The second kappa shape index (κ2) is 6.58. The molecule has 1 heterocycles. The Labute approximate surface area is 146 Å². The van der Waals surface area contributed by atoms with Gasteiger partial charge in [0.15, 0.2) is 10.8 Å². The van der Waals surface area contributed by atoms with Crippen LogP contribution in [0.15, 0.2) is 4.47 Å². The largest absolute Gasteiger partial charge is 0.436 e. The molecule has 4 nitrogen and oxygen atoms in total. The molecule has 23 heavy (non-hydrogen) atoms. The average Bonchev–Trinajstić information content (AvgIpc) is 3.35. The van der Waals surface area contributed by atoms with Gasteiger partial charge in [0.2, 0.25) is 0 Å². The van der Waals surface area contributed by atoms with E-state index in [2.05, 4.69) is 31.7 Å². The highest BCUT2D eigenvalue weighted by atomic mass is 79.9. The molecule has 0 atom stereocenters. The van der Waals surface area contributed by atoms with Crippen LogP contribution in [0.1, 0.15) is 49.4 Å². The molecule has 1 aromatic rings. The number of alkyl halides is 3. The van der Waals surface area contributed by atoms with Crippen molar-refractivity contribution < 1.29 is 13.2 Å². The van der Waals surface area contributed by atoms with Gasteiger partial charge in [-0.3, -0.25) is 4.68 Å². The zero-order chi connectivity index (χ0) is 16.6. The molecule has 2 aliphatic carbocycles. The van der Waals surface area contributed by atoms with Gasteiger partial charge in [0.05, 0.1) is 10.2 Å². The Hall–Kier alpha value is -0.830. The summed E-state index contributed by atoms with van der Waals surface area (Å²) in [5.41, 5.74) is -0.144. The smallest absolute Gasteiger partial charge is 0.363 e. The van der Waals surface area contributed by atoms with E-state index in [0.717, 1.165) is 25.7 Å². The second-order valence-corrected chi connectivity index (χ2v) is 7.27. The summed E-state index contributed by atoms with van der Waals surface area (Å²) in [4.78, 5) is 0. The molecular formula is C14H18BrF3N4S. The van der Waals surface area contributed by atoms with Crippen molar-refractivity contribution in [3.63, 3.8) is 0 Å². The summed E-state index contributed by atoms with van der Waals surface area (Å²) in [5.74, 6) is 0.193. The first kappa shape index (κ1) is 17.0. The Kier molecular flexibility index (Phi) is 4.87. The van der Waals surface area contributed by atoms with Gasteiger partial charge in [-0.15, -0.1) is 0 Å². The molecule has 0 unspecified atom stereocenters. The van der Waals surface area contributed by atoms with Crippen LogP contribution >= 0.6 is 28.1 Å². The van der Waals surface area contributed by atoms with Crippen LogP contribution in [0.2, 0.25) is 0 Å². The third kappa shape index (κ3) is 4.37. The summed E-state index contributed by atoms with van der Waals surface area (Å²) in [5, 5.41) is 10.7. The monoisotopic (exact) mass is 410 g/mol. The van der Waals surface area contributed by atoms with Gasteiger partial charge in [-0.25, -0.2) is 0 Å². The highest BCUT2D eigenvalue weighted by molar-refractivity contribution is 9.10. The highest BCUT2D eigenvalue weighted by Crippen LogP contribution is 2.46. The van der Waals surface area contributed by atoms with Crippen molar-refractivity contribution in [1.29, 1.82) is 0 Å². The van der Waals surface area contributed by atoms with E-state index < -0.39 is 11.9 Å². The van der Waals surface area contributed by atoms with Crippen molar-refractivity contribution in [1.82, 2.24) is 20.4 Å². The maximum atomic E-state index is 13.0. The molecule has 0 bridgehead atoms. The van der Waals surface area contributed by atoms with Gasteiger partial charge in [-0.1, -0.05) is 0 Å². The van der Waals surface area contributed by atoms with Crippen LogP contribution < -0.4 is 10.6 Å². The first-order chi connectivity index (χ1) is 10.9. The van der Waals surface area contributed by atoms with Gasteiger partial charge >= 0.3 is 6.18 Å². The van der Waals surface area contributed by atoms with Crippen molar-refractivity contribution >= 4 is 33.3 Å². The minimum Gasteiger partial charge on any atom is -0.363 e. The number of rotatable bonds is 6. The Morgan fingerprint density at radius 3 is 2.57 bits per heavy atom. The molecule has 2 fully saturated rings. The predicted octanol–water partition coefficient (Wildman–Crippen LogP) is 3.56. The van der Waals surface area contributed by atoms with E-state index in [0.29, 0.717) is 36.4 Å². The van der Waals surface area contributed by atoms with Gasteiger partial charge in [-0.05, 0) is 60.3 Å². The van der Waals surface area contributed by atoms with Crippen molar-refractivity contribution in [3.8, 4) is 0 Å². The third-order valence-electron chi connectivity index (χ3n) is 3.91. The average molecular weight is 411 g/mol. The van der Waals surface area contributed by atoms with Crippen LogP contribution in [0.25, 0.3) is 0 Å². The zero-order valence-electron chi connectivity index (χ0n) is 12.4. The van der Waals surface area contributed by atoms with E-state index in [1.807, 2.05) is 0 Å². The Balaban J connectivity index is 1.57. The van der Waals surface area contributed by atoms with E-state index in [9.17, 15) is 13.2 Å². The van der Waals surface area contributed by atoms with Gasteiger partial charge < -0.3 is 10.6 Å². The lowest BCUT2D eigenvalue weighted by atomic mass is 10.2. The zero-order valence-corrected chi connectivity index (χ0v) is 14.8. The molecular weight excluding hydrogens is 393 g/mol. The Bertz CT molecular complexity index is 594. The van der Waals surface area contributed by atoms with Crippen molar-refractivity contribution in [2.24, 2.45) is 0 Å². The number of halogens is 4. The predicted molar refractivity (Wildman–Crippen MR) is 88.3 cm³/mol. The third-order valence-corrected chi connectivity index (χ3v) is 4.95. The standard InChI is InChI=1S/C14H18BrF3N4S/c15-10-11(8-2-3-8)22(21-12(10)14(16,17)18)7-1-6-19-13(23)20-9-4-5-9/h8-9H,1-7H2,(H2,19,20,23). The van der Waals surface area contributed by atoms with Gasteiger partial charge in [0.1, 0.15) is 0 Å².